The first kappa shape index (κ1) is 12.2. The molecule has 0 aromatic heterocycles. The molecule has 0 spiro atoms. The van der Waals surface area contributed by atoms with Crippen molar-refractivity contribution in [1.29, 1.82) is 0 Å². The zero-order chi connectivity index (χ0) is 12.3. The molecule has 1 saturated carbocycles. The lowest BCUT2D eigenvalue weighted by Gasteiger charge is -2.32. The third-order valence-electron chi connectivity index (χ3n) is 3.51. The maximum absolute atomic E-state index is 13.2. The quantitative estimate of drug-likeness (QED) is 0.709. The highest BCUT2D eigenvalue weighted by molar-refractivity contribution is 5.47. The maximum atomic E-state index is 13.2. The highest BCUT2D eigenvalue weighted by atomic mass is 19.1. The van der Waals surface area contributed by atoms with Crippen molar-refractivity contribution >= 4 is 5.69 Å². The van der Waals surface area contributed by atoms with E-state index in [1.807, 2.05) is 0 Å². The van der Waals surface area contributed by atoms with Gasteiger partial charge in [0, 0.05) is 17.8 Å². The average Bonchev–Trinajstić information content (AvgIpc) is 2.34. The molecule has 2 atom stereocenters. The predicted octanol–water partition coefficient (Wildman–Crippen LogP) is 2.46. The molecule has 0 radical (unpaired) electrons. The Kier molecular flexibility index (Phi) is 3.84. The molecule has 4 heteroatoms. The third-order valence-corrected chi connectivity index (χ3v) is 3.51. The van der Waals surface area contributed by atoms with Crippen molar-refractivity contribution in [3.63, 3.8) is 0 Å². The van der Waals surface area contributed by atoms with Crippen molar-refractivity contribution in [2.75, 3.05) is 11.9 Å². The monoisotopic (exact) mass is 238 g/mol. The molecule has 94 valence electrons. The number of aromatic hydroxyl groups is 1. The van der Waals surface area contributed by atoms with Gasteiger partial charge in [0.15, 0.2) is 11.6 Å². The van der Waals surface area contributed by atoms with Gasteiger partial charge in [-0.1, -0.05) is 12.8 Å². The molecule has 3 nitrogen and oxygen atoms in total. The molecule has 1 aliphatic rings. The molecule has 2 rings (SSSR count). The van der Waals surface area contributed by atoms with Gasteiger partial charge in [0.05, 0.1) is 0 Å². The summed E-state index contributed by atoms with van der Waals surface area (Å²) in [5.74, 6) is -0.440. The van der Waals surface area contributed by atoms with Crippen LogP contribution >= 0.6 is 0 Å². The van der Waals surface area contributed by atoms with Crippen molar-refractivity contribution < 1.29 is 9.50 Å². The topological polar surface area (TPSA) is 58.3 Å². The summed E-state index contributed by atoms with van der Waals surface area (Å²) in [6.45, 7) is 0.665. The largest absolute Gasteiger partial charge is 0.505 e. The Morgan fingerprint density at radius 3 is 2.82 bits per heavy atom. The van der Waals surface area contributed by atoms with Crippen LogP contribution in [-0.4, -0.2) is 17.7 Å². The van der Waals surface area contributed by atoms with Gasteiger partial charge in [-0.2, -0.15) is 0 Å². The summed E-state index contributed by atoms with van der Waals surface area (Å²) in [5, 5.41) is 12.4. The number of phenols is 1. The molecule has 1 fully saturated rings. The number of rotatable bonds is 3. The Bertz CT molecular complexity index is 384. The molecule has 1 aliphatic carbocycles. The van der Waals surface area contributed by atoms with E-state index in [2.05, 4.69) is 5.32 Å². The van der Waals surface area contributed by atoms with E-state index < -0.39 is 5.82 Å². The first-order chi connectivity index (χ1) is 8.20. The van der Waals surface area contributed by atoms with Crippen molar-refractivity contribution in [3.05, 3.63) is 24.0 Å². The van der Waals surface area contributed by atoms with Gasteiger partial charge in [0.2, 0.25) is 0 Å². The second-order valence-corrected chi connectivity index (χ2v) is 4.70. The molecular formula is C13H19FN2O. The number of halogens is 1. The molecule has 0 amide bonds. The number of nitrogens with one attached hydrogen (secondary N) is 1. The fraction of sp³-hybridized carbons (Fsp3) is 0.538. The Hall–Kier alpha value is -1.29. The fourth-order valence-corrected chi connectivity index (χ4v) is 2.49. The number of benzene rings is 1. The minimum atomic E-state index is -0.588. The summed E-state index contributed by atoms with van der Waals surface area (Å²) in [5.41, 5.74) is 6.46. The molecule has 1 aromatic carbocycles. The summed E-state index contributed by atoms with van der Waals surface area (Å²) in [4.78, 5) is 0. The predicted molar refractivity (Wildman–Crippen MR) is 66.5 cm³/mol. The average molecular weight is 238 g/mol. The number of anilines is 1. The Labute approximate surface area is 101 Å². The smallest absolute Gasteiger partial charge is 0.166 e. The van der Waals surface area contributed by atoms with Gasteiger partial charge in [-0.05, 0) is 37.4 Å². The molecule has 1 aromatic rings. The van der Waals surface area contributed by atoms with Crippen LogP contribution in [0.25, 0.3) is 0 Å². The van der Waals surface area contributed by atoms with Gasteiger partial charge in [-0.25, -0.2) is 4.39 Å². The number of hydrogen-bond acceptors (Lipinski definition) is 3. The molecule has 0 aliphatic heterocycles. The van der Waals surface area contributed by atoms with E-state index in [1.165, 1.54) is 25.0 Å². The van der Waals surface area contributed by atoms with Crippen molar-refractivity contribution in [3.8, 4) is 5.75 Å². The summed E-state index contributed by atoms with van der Waals surface area (Å²) in [6, 6.07) is 4.72. The zero-order valence-electron chi connectivity index (χ0n) is 9.82. The second-order valence-electron chi connectivity index (χ2n) is 4.70. The van der Waals surface area contributed by atoms with Gasteiger partial charge >= 0.3 is 0 Å². The van der Waals surface area contributed by atoms with Crippen molar-refractivity contribution in [2.24, 2.45) is 11.7 Å². The standard InChI is InChI=1S/C13H19FN2O/c14-11-7-10(5-6-13(11)17)16-12-4-2-1-3-9(12)8-15/h5-7,9,12,16-17H,1-4,8,15H2. The fourth-order valence-electron chi connectivity index (χ4n) is 2.49. The van der Waals surface area contributed by atoms with Gasteiger partial charge in [0.1, 0.15) is 0 Å². The molecule has 0 bridgehead atoms. The van der Waals surface area contributed by atoms with E-state index in [1.54, 1.807) is 6.07 Å². The van der Waals surface area contributed by atoms with E-state index in [0.717, 1.165) is 12.8 Å². The van der Waals surface area contributed by atoms with Crippen LogP contribution in [0, 0.1) is 11.7 Å². The summed E-state index contributed by atoms with van der Waals surface area (Å²) in [6.07, 6.45) is 4.62. The summed E-state index contributed by atoms with van der Waals surface area (Å²) in [7, 11) is 0. The highest BCUT2D eigenvalue weighted by Gasteiger charge is 2.23. The highest BCUT2D eigenvalue weighted by Crippen LogP contribution is 2.28. The molecule has 2 unspecified atom stereocenters. The Balaban J connectivity index is 2.05. The normalized spacial score (nSPS) is 24.6. The first-order valence-corrected chi connectivity index (χ1v) is 6.16. The molecule has 0 heterocycles. The van der Waals surface area contributed by atoms with Crippen LogP contribution in [-0.2, 0) is 0 Å². The molecule has 0 saturated heterocycles. The Morgan fingerprint density at radius 1 is 1.35 bits per heavy atom. The maximum Gasteiger partial charge on any atom is 0.166 e. The minimum absolute atomic E-state index is 0.311. The molecule has 4 N–H and O–H groups in total. The van der Waals surface area contributed by atoms with Crippen LogP contribution in [0.5, 0.6) is 5.75 Å². The van der Waals surface area contributed by atoms with Crippen LogP contribution < -0.4 is 11.1 Å². The zero-order valence-corrected chi connectivity index (χ0v) is 9.82. The van der Waals surface area contributed by atoms with Crippen LogP contribution in [0.3, 0.4) is 0 Å². The lowest BCUT2D eigenvalue weighted by atomic mass is 9.84. The van der Waals surface area contributed by atoms with E-state index in [0.29, 0.717) is 24.2 Å². The number of hydrogen-bond donors (Lipinski definition) is 3. The van der Waals surface area contributed by atoms with Crippen molar-refractivity contribution in [2.45, 2.75) is 31.7 Å². The van der Waals surface area contributed by atoms with Crippen LogP contribution in [0.15, 0.2) is 18.2 Å². The van der Waals surface area contributed by atoms with Crippen LogP contribution in [0.4, 0.5) is 10.1 Å². The summed E-state index contributed by atoms with van der Waals surface area (Å²) >= 11 is 0. The van der Waals surface area contributed by atoms with Crippen LogP contribution in [0.1, 0.15) is 25.7 Å². The number of nitrogens with two attached hydrogens (primary N) is 1. The van der Waals surface area contributed by atoms with Gasteiger partial charge in [-0.15, -0.1) is 0 Å². The van der Waals surface area contributed by atoms with Gasteiger partial charge < -0.3 is 16.2 Å². The van der Waals surface area contributed by atoms with Gasteiger partial charge in [0.25, 0.3) is 0 Å². The SMILES string of the molecule is NCC1CCCCC1Nc1ccc(O)c(F)c1. The van der Waals surface area contributed by atoms with E-state index in [4.69, 9.17) is 10.8 Å². The second kappa shape index (κ2) is 5.36. The molecule has 17 heavy (non-hydrogen) atoms. The Morgan fingerprint density at radius 2 is 2.12 bits per heavy atom. The lowest BCUT2D eigenvalue weighted by molar-refractivity contribution is 0.332. The van der Waals surface area contributed by atoms with Gasteiger partial charge in [-0.3, -0.25) is 0 Å². The van der Waals surface area contributed by atoms with E-state index >= 15 is 0 Å². The van der Waals surface area contributed by atoms with E-state index in [-0.39, 0.29) is 5.75 Å². The molecular weight excluding hydrogens is 219 g/mol. The van der Waals surface area contributed by atoms with Crippen molar-refractivity contribution in [1.82, 2.24) is 0 Å². The first-order valence-electron chi connectivity index (χ1n) is 6.16. The minimum Gasteiger partial charge on any atom is -0.505 e. The summed E-state index contributed by atoms with van der Waals surface area (Å²) < 4.78 is 13.2. The van der Waals surface area contributed by atoms with Crippen LogP contribution in [0.2, 0.25) is 0 Å². The van der Waals surface area contributed by atoms with E-state index in [9.17, 15) is 4.39 Å². The number of phenolic OH excluding ortho intramolecular Hbond substituents is 1. The third kappa shape index (κ3) is 2.88. The lowest BCUT2D eigenvalue weighted by Crippen LogP contribution is -2.36.